The number of amides is 1. The molecule has 0 bridgehead atoms. The number of benzene rings is 1. The van der Waals surface area contributed by atoms with Crippen LogP contribution in [0.1, 0.15) is 41.9 Å². The van der Waals surface area contributed by atoms with Crippen LogP contribution >= 0.6 is 0 Å². The third-order valence-electron chi connectivity index (χ3n) is 3.72. The van der Waals surface area contributed by atoms with Gasteiger partial charge >= 0.3 is 0 Å². The Hall–Kier alpha value is -2.07. The van der Waals surface area contributed by atoms with Crippen molar-refractivity contribution < 1.29 is 4.79 Å². The molecule has 1 aromatic carbocycles. The predicted octanol–water partition coefficient (Wildman–Crippen LogP) is 3.18. The molecule has 0 radical (unpaired) electrons. The van der Waals surface area contributed by atoms with Crippen molar-refractivity contribution in [2.24, 2.45) is 0 Å². The van der Waals surface area contributed by atoms with E-state index in [1.807, 2.05) is 36.5 Å². The molecule has 0 unspecified atom stereocenters. The van der Waals surface area contributed by atoms with Crippen LogP contribution in [0.25, 0.3) is 0 Å². The van der Waals surface area contributed by atoms with Crippen molar-refractivity contribution in [1.82, 2.24) is 9.88 Å². The Morgan fingerprint density at radius 1 is 1.29 bits per heavy atom. The summed E-state index contributed by atoms with van der Waals surface area (Å²) in [4.78, 5) is 12.4. The first-order valence-corrected chi connectivity index (χ1v) is 7.56. The topological polar surface area (TPSA) is 46.1 Å². The second-order valence-electron chi connectivity index (χ2n) is 5.47. The number of nitrogens with zero attached hydrogens (tertiary/aromatic N) is 1. The zero-order valence-corrected chi connectivity index (χ0v) is 12.3. The van der Waals surface area contributed by atoms with Crippen LogP contribution in [0.3, 0.4) is 0 Å². The summed E-state index contributed by atoms with van der Waals surface area (Å²) in [5.41, 5.74) is 2.76. The fraction of sp³-hybridized carbons (Fsp3) is 0.353. The van der Waals surface area contributed by atoms with Gasteiger partial charge in [-0.25, -0.2) is 0 Å². The van der Waals surface area contributed by atoms with Crippen LogP contribution in [0.15, 0.2) is 42.6 Å². The summed E-state index contributed by atoms with van der Waals surface area (Å²) in [6, 6.07) is 12.3. The number of aromatic nitrogens is 1. The van der Waals surface area contributed by atoms with Crippen LogP contribution in [-0.2, 0) is 6.54 Å². The van der Waals surface area contributed by atoms with Crippen LogP contribution in [0.2, 0.25) is 0 Å². The van der Waals surface area contributed by atoms with Gasteiger partial charge in [0.05, 0.1) is 0 Å². The standard InChI is InChI=1S/C17H21N3O/c1-2-18-12-13-5-3-6-14(11-13)19-17(21)16-7-4-10-20(16)15-8-9-15/h3-7,10-11,15,18H,2,8-9,12H2,1H3,(H,19,21). The first-order chi connectivity index (χ1) is 10.3. The van der Waals surface area contributed by atoms with Crippen molar-refractivity contribution in [1.29, 1.82) is 0 Å². The molecule has 0 aliphatic heterocycles. The van der Waals surface area contributed by atoms with E-state index in [-0.39, 0.29) is 5.91 Å². The number of rotatable bonds is 6. The van der Waals surface area contributed by atoms with Gasteiger partial charge in [0.2, 0.25) is 0 Å². The monoisotopic (exact) mass is 283 g/mol. The lowest BCUT2D eigenvalue weighted by Gasteiger charge is -2.10. The number of hydrogen-bond donors (Lipinski definition) is 2. The molecule has 110 valence electrons. The average molecular weight is 283 g/mol. The fourth-order valence-electron chi connectivity index (χ4n) is 2.48. The van der Waals surface area contributed by atoms with E-state index in [1.165, 1.54) is 18.4 Å². The Morgan fingerprint density at radius 2 is 2.14 bits per heavy atom. The highest BCUT2D eigenvalue weighted by Gasteiger charge is 2.26. The van der Waals surface area contributed by atoms with Gasteiger partial charge in [-0.05, 0) is 49.2 Å². The van der Waals surface area contributed by atoms with Crippen molar-refractivity contribution >= 4 is 11.6 Å². The predicted molar refractivity (Wildman–Crippen MR) is 84.5 cm³/mol. The molecule has 1 aliphatic carbocycles. The summed E-state index contributed by atoms with van der Waals surface area (Å²) in [6.07, 6.45) is 4.34. The Morgan fingerprint density at radius 3 is 2.90 bits per heavy atom. The molecule has 3 rings (SSSR count). The highest BCUT2D eigenvalue weighted by Crippen LogP contribution is 2.36. The minimum absolute atomic E-state index is 0.0347. The van der Waals surface area contributed by atoms with E-state index >= 15 is 0 Å². The summed E-state index contributed by atoms with van der Waals surface area (Å²) in [6.45, 7) is 3.84. The molecule has 0 saturated heterocycles. The number of carbonyl (C=O) groups excluding carboxylic acids is 1. The third kappa shape index (κ3) is 3.34. The quantitative estimate of drug-likeness (QED) is 0.855. The largest absolute Gasteiger partial charge is 0.340 e. The summed E-state index contributed by atoms with van der Waals surface area (Å²) >= 11 is 0. The maximum absolute atomic E-state index is 12.4. The fourth-order valence-corrected chi connectivity index (χ4v) is 2.48. The number of hydrogen-bond acceptors (Lipinski definition) is 2. The van der Waals surface area contributed by atoms with Gasteiger partial charge in [-0.2, -0.15) is 0 Å². The van der Waals surface area contributed by atoms with E-state index < -0.39 is 0 Å². The van der Waals surface area contributed by atoms with Gasteiger partial charge in [-0.1, -0.05) is 19.1 Å². The van der Waals surface area contributed by atoms with Gasteiger partial charge < -0.3 is 15.2 Å². The highest BCUT2D eigenvalue weighted by atomic mass is 16.1. The number of nitrogens with one attached hydrogen (secondary N) is 2. The molecule has 4 nitrogen and oxygen atoms in total. The lowest BCUT2D eigenvalue weighted by atomic mass is 10.2. The molecule has 0 spiro atoms. The van der Waals surface area contributed by atoms with Crippen LogP contribution in [0.5, 0.6) is 0 Å². The maximum atomic E-state index is 12.4. The first kappa shape index (κ1) is 13.9. The molecule has 4 heteroatoms. The summed E-state index contributed by atoms with van der Waals surface area (Å²) in [5, 5.41) is 6.28. The Bertz CT molecular complexity index is 628. The summed E-state index contributed by atoms with van der Waals surface area (Å²) < 4.78 is 2.08. The van der Waals surface area contributed by atoms with Gasteiger partial charge in [0.25, 0.3) is 5.91 Å². The molecule has 1 heterocycles. The molecule has 21 heavy (non-hydrogen) atoms. The van der Waals surface area contributed by atoms with Crippen molar-refractivity contribution in [3.8, 4) is 0 Å². The van der Waals surface area contributed by atoms with Crippen molar-refractivity contribution in [2.75, 3.05) is 11.9 Å². The normalized spacial score (nSPS) is 14.1. The molecule has 1 fully saturated rings. The molecular formula is C17H21N3O. The zero-order chi connectivity index (χ0) is 14.7. The van der Waals surface area contributed by atoms with Crippen molar-refractivity contribution in [3.05, 3.63) is 53.9 Å². The van der Waals surface area contributed by atoms with Crippen LogP contribution in [0, 0.1) is 0 Å². The second-order valence-corrected chi connectivity index (χ2v) is 5.47. The second kappa shape index (κ2) is 6.14. The van der Waals surface area contributed by atoms with Crippen molar-refractivity contribution in [3.63, 3.8) is 0 Å². The molecule has 1 aromatic heterocycles. The minimum atomic E-state index is -0.0347. The smallest absolute Gasteiger partial charge is 0.272 e. The average Bonchev–Trinajstić information content (AvgIpc) is 3.22. The Kier molecular flexibility index (Phi) is 4.06. The minimum Gasteiger partial charge on any atom is -0.340 e. The Labute approximate surface area is 125 Å². The van der Waals surface area contributed by atoms with Gasteiger partial charge in [0.15, 0.2) is 0 Å². The first-order valence-electron chi connectivity index (χ1n) is 7.56. The van der Waals surface area contributed by atoms with Gasteiger partial charge in [0, 0.05) is 24.5 Å². The molecule has 1 amide bonds. The molecule has 1 aliphatic rings. The summed E-state index contributed by atoms with van der Waals surface area (Å²) in [5.74, 6) is -0.0347. The zero-order valence-electron chi connectivity index (χ0n) is 12.3. The van der Waals surface area contributed by atoms with Crippen LogP contribution < -0.4 is 10.6 Å². The van der Waals surface area contributed by atoms with Gasteiger partial charge in [-0.3, -0.25) is 4.79 Å². The molecule has 1 saturated carbocycles. The SMILES string of the molecule is CCNCc1cccc(NC(=O)c2cccn2C2CC2)c1. The molecule has 0 atom stereocenters. The van der Waals surface area contributed by atoms with E-state index in [0.717, 1.165) is 24.5 Å². The summed E-state index contributed by atoms with van der Waals surface area (Å²) in [7, 11) is 0. The molecular weight excluding hydrogens is 262 g/mol. The van der Waals surface area contributed by atoms with E-state index in [2.05, 4.69) is 28.2 Å². The molecule has 2 aromatic rings. The van der Waals surface area contributed by atoms with Gasteiger partial charge in [0.1, 0.15) is 5.69 Å². The van der Waals surface area contributed by atoms with E-state index in [1.54, 1.807) is 0 Å². The lowest BCUT2D eigenvalue weighted by Crippen LogP contribution is -2.17. The molecule has 2 N–H and O–H groups in total. The highest BCUT2D eigenvalue weighted by molar-refractivity contribution is 6.03. The third-order valence-corrected chi connectivity index (χ3v) is 3.72. The maximum Gasteiger partial charge on any atom is 0.272 e. The van der Waals surface area contributed by atoms with Crippen molar-refractivity contribution in [2.45, 2.75) is 32.4 Å². The van der Waals surface area contributed by atoms with Gasteiger partial charge in [-0.15, -0.1) is 0 Å². The van der Waals surface area contributed by atoms with Crippen LogP contribution in [-0.4, -0.2) is 17.0 Å². The van der Waals surface area contributed by atoms with E-state index in [4.69, 9.17) is 0 Å². The number of anilines is 1. The number of carbonyl (C=O) groups is 1. The van der Waals surface area contributed by atoms with E-state index in [9.17, 15) is 4.79 Å². The Balaban J connectivity index is 1.70. The van der Waals surface area contributed by atoms with Crippen LogP contribution in [0.4, 0.5) is 5.69 Å². The van der Waals surface area contributed by atoms with E-state index in [0.29, 0.717) is 6.04 Å². The lowest BCUT2D eigenvalue weighted by molar-refractivity contribution is 0.101.